The van der Waals surface area contributed by atoms with Crippen molar-refractivity contribution in [3.8, 4) is 0 Å². The maximum absolute atomic E-state index is 13.5. The number of hydrogen-bond acceptors (Lipinski definition) is 3. The van der Waals surface area contributed by atoms with Gasteiger partial charge in [-0.15, -0.1) is 0 Å². The Bertz CT molecular complexity index is 442. The van der Waals surface area contributed by atoms with E-state index in [0.717, 1.165) is 30.6 Å². The molecule has 0 aliphatic carbocycles. The minimum Gasteiger partial charge on any atom is -0.258 e. The van der Waals surface area contributed by atoms with Gasteiger partial charge in [0.15, 0.2) is 0 Å². The predicted molar refractivity (Wildman–Crippen MR) is 79.6 cm³/mol. The first-order chi connectivity index (χ1) is 8.90. The first-order valence-corrected chi connectivity index (χ1v) is 7.78. The van der Waals surface area contributed by atoms with Gasteiger partial charge >= 0.3 is 0 Å². The van der Waals surface area contributed by atoms with Crippen LogP contribution in [0.5, 0.6) is 0 Å². The number of aryl methyl sites for hydroxylation is 1. The Hall–Kier alpha value is -0.610. The minimum atomic E-state index is -0.222. The van der Waals surface area contributed by atoms with Gasteiger partial charge in [-0.25, -0.2) is 8.70 Å². The summed E-state index contributed by atoms with van der Waals surface area (Å²) in [5, 5.41) is 0. The SMILES string of the molecule is CCc1ncc(F)cc1C1CCCN1SC(C)(C)C. The molecule has 1 atom stereocenters. The molecule has 2 nitrogen and oxygen atoms in total. The third-order valence-corrected chi connectivity index (χ3v) is 4.48. The molecule has 1 aliphatic heterocycles. The Labute approximate surface area is 119 Å². The van der Waals surface area contributed by atoms with Crippen LogP contribution in [0.15, 0.2) is 12.3 Å². The van der Waals surface area contributed by atoms with Crippen molar-refractivity contribution in [1.82, 2.24) is 9.29 Å². The molecule has 1 unspecified atom stereocenters. The van der Waals surface area contributed by atoms with E-state index in [1.54, 1.807) is 6.07 Å². The molecule has 0 spiro atoms. The highest BCUT2D eigenvalue weighted by atomic mass is 32.2. The lowest BCUT2D eigenvalue weighted by atomic mass is 10.0. The third kappa shape index (κ3) is 3.69. The van der Waals surface area contributed by atoms with Crippen molar-refractivity contribution in [1.29, 1.82) is 0 Å². The molecule has 0 amide bonds. The lowest BCUT2D eigenvalue weighted by Gasteiger charge is -2.31. The van der Waals surface area contributed by atoms with Crippen molar-refractivity contribution in [2.75, 3.05) is 6.54 Å². The fourth-order valence-corrected chi connectivity index (χ4v) is 3.85. The Kier molecular flexibility index (Phi) is 4.51. The summed E-state index contributed by atoms with van der Waals surface area (Å²) in [5.74, 6) is -0.222. The molecule has 1 aromatic rings. The maximum Gasteiger partial charge on any atom is 0.141 e. The smallest absolute Gasteiger partial charge is 0.141 e. The zero-order valence-electron chi connectivity index (χ0n) is 12.2. The molecule has 1 aromatic heterocycles. The molecule has 1 aliphatic rings. The van der Waals surface area contributed by atoms with Crippen LogP contribution in [0.1, 0.15) is 57.8 Å². The van der Waals surface area contributed by atoms with Gasteiger partial charge in [-0.2, -0.15) is 0 Å². The zero-order valence-corrected chi connectivity index (χ0v) is 13.1. The minimum absolute atomic E-state index is 0.190. The Morgan fingerprint density at radius 1 is 1.47 bits per heavy atom. The summed E-state index contributed by atoms with van der Waals surface area (Å²) in [5.41, 5.74) is 2.12. The highest BCUT2D eigenvalue weighted by Crippen LogP contribution is 2.42. The molecule has 0 radical (unpaired) electrons. The average Bonchev–Trinajstić information content (AvgIpc) is 2.74. The number of pyridine rings is 1. The van der Waals surface area contributed by atoms with Crippen LogP contribution in [-0.4, -0.2) is 20.6 Å². The number of hydrogen-bond donors (Lipinski definition) is 0. The lowest BCUT2D eigenvalue weighted by Crippen LogP contribution is -2.24. The van der Waals surface area contributed by atoms with Crippen molar-refractivity contribution >= 4 is 11.9 Å². The van der Waals surface area contributed by atoms with Gasteiger partial charge < -0.3 is 0 Å². The molecule has 1 fully saturated rings. The van der Waals surface area contributed by atoms with Crippen molar-refractivity contribution in [2.24, 2.45) is 0 Å². The number of rotatable bonds is 3. The van der Waals surface area contributed by atoms with Crippen molar-refractivity contribution < 1.29 is 4.39 Å². The second-order valence-electron chi connectivity index (χ2n) is 6.05. The van der Waals surface area contributed by atoms with E-state index in [1.165, 1.54) is 12.6 Å². The molecular weight excluding hydrogens is 259 g/mol. The van der Waals surface area contributed by atoms with Crippen molar-refractivity contribution in [3.05, 3.63) is 29.3 Å². The summed E-state index contributed by atoms with van der Waals surface area (Å²) in [6.07, 6.45) is 4.47. The number of nitrogens with zero attached hydrogens (tertiary/aromatic N) is 2. The van der Waals surface area contributed by atoms with E-state index in [2.05, 4.69) is 37.0 Å². The molecule has 4 heteroatoms. The fourth-order valence-electron chi connectivity index (χ4n) is 2.58. The largest absolute Gasteiger partial charge is 0.258 e. The van der Waals surface area contributed by atoms with Crippen LogP contribution >= 0.6 is 11.9 Å². The van der Waals surface area contributed by atoms with Gasteiger partial charge in [-0.1, -0.05) is 18.9 Å². The van der Waals surface area contributed by atoms with Crippen LogP contribution < -0.4 is 0 Å². The summed E-state index contributed by atoms with van der Waals surface area (Å²) >= 11 is 1.88. The normalized spacial score (nSPS) is 21.0. The summed E-state index contributed by atoms with van der Waals surface area (Å²) in [4.78, 5) is 4.26. The van der Waals surface area contributed by atoms with E-state index in [1.807, 2.05) is 11.9 Å². The fraction of sp³-hybridized carbons (Fsp3) is 0.667. The van der Waals surface area contributed by atoms with Crippen LogP contribution in [0.25, 0.3) is 0 Å². The van der Waals surface area contributed by atoms with Crippen LogP contribution in [0.2, 0.25) is 0 Å². The monoisotopic (exact) mass is 282 g/mol. The Morgan fingerprint density at radius 2 is 2.21 bits per heavy atom. The maximum atomic E-state index is 13.5. The predicted octanol–water partition coefficient (Wildman–Crippen LogP) is 4.37. The van der Waals surface area contributed by atoms with Crippen molar-refractivity contribution in [2.45, 2.75) is 57.7 Å². The molecule has 0 aromatic carbocycles. The summed E-state index contributed by atoms with van der Waals surface area (Å²) in [6.45, 7) is 9.82. The highest BCUT2D eigenvalue weighted by Gasteiger charge is 2.31. The van der Waals surface area contributed by atoms with E-state index < -0.39 is 0 Å². The first kappa shape index (κ1) is 14.8. The van der Waals surface area contributed by atoms with E-state index >= 15 is 0 Å². The van der Waals surface area contributed by atoms with Gasteiger partial charge in [0.05, 0.1) is 6.20 Å². The second kappa shape index (κ2) is 5.80. The highest BCUT2D eigenvalue weighted by molar-refractivity contribution is 7.98. The number of aromatic nitrogens is 1. The molecule has 0 N–H and O–H groups in total. The van der Waals surface area contributed by atoms with Crippen LogP contribution in [0.4, 0.5) is 4.39 Å². The van der Waals surface area contributed by atoms with Gasteiger partial charge in [0, 0.05) is 23.0 Å². The molecule has 0 saturated carbocycles. The molecule has 19 heavy (non-hydrogen) atoms. The van der Waals surface area contributed by atoms with Gasteiger partial charge in [-0.05, 0) is 51.7 Å². The molecule has 0 bridgehead atoms. The third-order valence-electron chi connectivity index (χ3n) is 3.26. The standard InChI is InChI=1S/C15H23FN2S/c1-5-13-12(9-11(16)10-17-13)14-7-6-8-18(14)19-15(2,3)4/h9-10,14H,5-8H2,1-4H3. The Morgan fingerprint density at radius 3 is 2.84 bits per heavy atom. The summed E-state index contributed by atoms with van der Waals surface area (Å²) < 4.78 is 16.1. The van der Waals surface area contributed by atoms with Crippen LogP contribution in [0, 0.1) is 5.82 Å². The second-order valence-corrected chi connectivity index (χ2v) is 7.92. The van der Waals surface area contributed by atoms with Crippen LogP contribution in [0.3, 0.4) is 0 Å². The molecule has 2 rings (SSSR count). The van der Waals surface area contributed by atoms with Gasteiger partial charge in [0.1, 0.15) is 5.82 Å². The number of halogens is 1. The van der Waals surface area contributed by atoms with Crippen molar-refractivity contribution in [3.63, 3.8) is 0 Å². The zero-order chi connectivity index (χ0) is 14.0. The first-order valence-electron chi connectivity index (χ1n) is 7.01. The molecule has 1 saturated heterocycles. The lowest BCUT2D eigenvalue weighted by molar-refractivity contribution is 0.437. The van der Waals surface area contributed by atoms with E-state index in [4.69, 9.17) is 0 Å². The molecule has 2 heterocycles. The van der Waals surface area contributed by atoms with Crippen LogP contribution in [-0.2, 0) is 6.42 Å². The van der Waals surface area contributed by atoms with Gasteiger partial charge in [0.2, 0.25) is 0 Å². The Balaban J connectivity index is 2.27. The quantitative estimate of drug-likeness (QED) is 0.766. The molecule has 106 valence electrons. The van der Waals surface area contributed by atoms with Gasteiger partial charge in [0.25, 0.3) is 0 Å². The molecular formula is C15H23FN2S. The van der Waals surface area contributed by atoms with E-state index in [0.29, 0.717) is 6.04 Å². The summed E-state index contributed by atoms with van der Waals surface area (Å²) in [6, 6.07) is 1.99. The van der Waals surface area contributed by atoms with E-state index in [9.17, 15) is 4.39 Å². The van der Waals surface area contributed by atoms with Gasteiger partial charge in [-0.3, -0.25) is 4.98 Å². The topological polar surface area (TPSA) is 16.1 Å². The average molecular weight is 282 g/mol. The van der Waals surface area contributed by atoms with E-state index in [-0.39, 0.29) is 10.6 Å². The summed E-state index contributed by atoms with van der Waals surface area (Å²) in [7, 11) is 0.